The molecular weight excluding hydrogens is 404 g/mol. The fourth-order valence-electron chi connectivity index (χ4n) is 4.68. The molecule has 0 amide bonds. The lowest BCUT2D eigenvalue weighted by atomic mass is 10.1. The van der Waals surface area contributed by atoms with Gasteiger partial charge in [0.2, 0.25) is 0 Å². The third-order valence-corrected chi connectivity index (χ3v) is 6.42. The molecule has 4 aromatic rings. The standard InChI is InChI=1S/C24H28N6O2/c1-3-7-21-19(5-1)23(25-29(21)17-27-9-13-31-14-10-27)24-20-6-2-4-8-22(20)30(26-24)18-28-11-15-32-16-12-28/h1-8H,9-18H2. The normalized spacial score (nSPS) is 18.6. The summed E-state index contributed by atoms with van der Waals surface area (Å²) in [5, 5.41) is 12.5. The van der Waals surface area contributed by atoms with Crippen molar-refractivity contribution in [2.45, 2.75) is 13.3 Å². The second-order valence-electron chi connectivity index (χ2n) is 8.47. The molecule has 0 atom stereocenters. The summed E-state index contributed by atoms with van der Waals surface area (Å²) in [5.74, 6) is 0. The Kier molecular flexibility index (Phi) is 5.36. The molecule has 0 bridgehead atoms. The van der Waals surface area contributed by atoms with E-state index in [4.69, 9.17) is 19.7 Å². The summed E-state index contributed by atoms with van der Waals surface area (Å²) in [5.41, 5.74) is 4.18. The summed E-state index contributed by atoms with van der Waals surface area (Å²) < 4.78 is 15.3. The maximum atomic E-state index is 5.52. The first-order valence-corrected chi connectivity index (χ1v) is 11.4. The highest BCUT2D eigenvalue weighted by molar-refractivity contribution is 6.01. The van der Waals surface area contributed by atoms with Crippen molar-refractivity contribution < 1.29 is 9.47 Å². The second kappa shape index (κ2) is 8.63. The van der Waals surface area contributed by atoms with Crippen LogP contribution in [0.1, 0.15) is 0 Å². The number of aromatic nitrogens is 4. The first-order chi connectivity index (χ1) is 15.9. The van der Waals surface area contributed by atoms with Crippen LogP contribution in [0.25, 0.3) is 33.2 Å². The average Bonchev–Trinajstić information content (AvgIpc) is 3.39. The Hall–Kier alpha value is -2.78. The van der Waals surface area contributed by atoms with Gasteiger partial charge in [-0.1, -0.05) is 36.4 Å². The highest BCUT2D eigenvalue weighted by Crippen LogP contribution is 2.33. The van der Waals surface area contributed by atoms with Crippen LogP contribution < -0.4 is 0 Å². The van der Waals surface area contributed by atoms with Crippen LogP contribution in [-0.4, -0.2) is 82.0 Å². The van der Waals surface area contributed by atoms with E-state index in [2.05, 4.69) is 67.7 Å². The number of morpholine rings is 2. The van der Waals surface area contributed by atoms with E-state index in [9.17, 15) is 0 Å². The van der Waals surface area contributed by atoms with Gasteiger partial charge in [0.1, 0.15) is 11.4 Å². The molecule has 166 valence electrons. The molecule has 0 spiro atoms. The van der Waals surface area contributed by atoms with Crippen LogP contribution in [0.5, 0.6) is 0 Å². The molecule has 2 aromatic heterocycles. The summed E-state index contributed by atoms with van der Waals surface area (Å²) >= 11 is 0. The van der Waals surface area contributed by atoms with Crippen molar-refractivity contribution >= 4 is 21.8 Å². The van der Waals surface area contributed by atoms with Gasteiger partial charge < -0.3 is 9.47 Å². The fraction of sp³-hybridized carbons (Fsp3) is 0.417. The van der Waals surface area contributed by atoms with Crippen LogP contribution in [0.15, 0.2) is 48.5 Å². The van der Waals surface area contributed by atoms with E-state index in [0.29, 0.717) is 0 Å². The van der Waals surface area contributed by atoms with Crippen molar-refractivity contribution in [2.24, 2.45) is 0 Å². The van der Waals surface area contributed by atoms with Crippen molar-refractivity contribution in [3.63, 3.8) is 0 Å². The van der Waals surface area contributed by atoms with Crippen LogP contribution >= 0.6 is 0 Å². The van der Waals surface area contributed by atoms with Gasteiger partial charge in [-0.25, -0.2) is 9.36 Å². The summed E-state index contributed by atoms with van der Waals surface area (Å²) in [6.07, 6.45) is 0. The van der Waals surface area contributed by atoms with Gasteiger partial charge >= 0.3 is 0 Å². The Morgan fingerprint density at radius 3 is 1.44 bits per heavy atom. The molecule has 8 nitrogen and oxygen atoms in total. The minimum Gasteiger partial charge on any atom is -0.379 e. The lowest BCUT2D eigenvalue weighted by Crippen LogP contribution is -2.37. The molecule has 0 saturated carbocycles. The monoisotopic (exact) mass is 432 g/mol. The van der Waals surface area contributed by atoms with E-state index < -0.39 is 0 Å². The van der Waals surface area contributed by atoms with E-state index >= 15 is 0 Å². The number of hydrogen-bond donors (Lipinski definition) is 0. The molecule has 8 heteroatoms. The summed E-state index contributed by atoms with van der Waals surface area (Å²) in [7, 11) is 0. The molecule has 4 heterocycles. The van der Waals surface area contributed by atoms with Crippen molar-refractivity contribution in [1.29, 1.82) is 0 Å². The Balaban J connectivity index is 1.42. The van der Waals surface area contributed by atoms with Crippen LogP contribution in [0.2, 0.25) is 0 Å². The Labute approximate surface area is 186 Å². The minimum atomic E-state index is 0.760. The number of benzene rings is 2. The molecule has 2 saturated heterocycles. The van der Waals surface area contributed by atoms with Crippen LogP contribution in [0, 0.1) is 0 Å². The number of para-hydroxylation sites is 2. The molecule has 6 rings (SSSR count). The minimum absolute atomic E-state index is 0.760. The maximum Gasteiger partial charge on any atom is 0.121 e. The summed E-state index contributed by atoms with van der Waals surface area (Å²) in [6, 6.07) is 16.9. The Bertz CT molecular complexity index is 1120. The highest BCUT2D eigenvalue weighted by atomic mass is 16.5. The molecule has 0 radical (unpaired) electrons. The number of ether oxygens (including phenoxy) is 2. The highest BCUT2D eigenvalue weighted by Gasteiger charge is 2.21. The van der Waals surface area contributed by atoms with Crippen molar-refractivity contribution in [3.05, 3.63) is 48.5 Å². The SMILES string of the molecule is c1ccc2c(c1)c(-c1nn(CN3CCOCC3)c3ccccc13)nn2CN1CCOCC1. The average molecular weight is 433 g/mol. The molecule has 2 aromatic carbocycles. The zero-order valence-corrected chi connectivity index (χ0v) is 18.2. The molecule has 2 fully saturated rings. The fourth-order valence-corrected chi connectivity index (χ4v) is 4.68. The van der Waals surface area contributed by atoms with Crippen molar-refractivity contribution in [2.75, 3.05) is 52.6 Å². The molecule has 0 aliphatic carbocycles. The third kappa shape index (κ3) is 3.69. The summed E-state index contributed by atoms with van der Waals surface area (Å²) in [4.78, 5) is 4.78. The van der Waals surface area contributed by atoms with Gasteiger partial charge in [0.25, 0.3) is 0 Å². The van der Waals surface area contributed by atoms with Crippen molar-refractivity contribution in [3.8, 4) is 11.4 Å². The van der Waals surface area contributed by atoms with Gasteiger partial charge in [-0.2, -0.15) is 10.2 Å². The maximum absolute atomic E-state index is 5.52. The van der Waals surface area contributed by atoms with Gasteiger partial charge in [0.05, 0.1) is 50.8 Å². The van der Waals surface area contributed by atoms with Gasteiger partial charge in [0.15, 0.2) is 0 Å². The molecular formula is C24H28N6O2. The number of fused-ring (bicyclic) bond motifs is 2. The summed E-state index contributed by atoms with van der Waals surface area (Å²) in [6.45, 7) is 8.37. The first-order valence-electron chi connectivity index (χ1n) is 11.4. The van der Waals surface area contributed by atoms with E-state index in [0.717, 1.165) is 99.1 Å². The first kappa shape index (κ1) is 19.9. The van der Waals surface area contributed by atoms with Crippen LogP contribution in [0.4, 0.5) is 0 Å². The Morgan fingerprint density at radius 2 is 1.00 bits per heavy atom. The predicted octanol–water partition coefficient (Wildman–Crippen LogP) is 2.63. The number of hydrogen-bond acceptors (Lipinski definition) is 6. The van der Waals surface area contributed by atoms with E-state index in [1.165, 1.54) is 0 Å². The lowest BCUT2D eigenvalue weighted by molar-refractivity contribution is 0.0220. The second-order valence-corrected chi connectivity index (χ2v) is 8.47. The zero-order valence-electron chi connectivity index (χ0n) is 18.2. The van der Waals surface area contributed by atoms with Gasteiger partial charge in [-0.05, 0) is 12.1 Å². The Morgan fingerprint density at radius 1 is 0.594 bits per heavy atom. The van der Waals surface area contributed by atoms with Gasteiger partial charge in [0, 0.05) is 37.0 Å². The van der Waals surface area contributed by atoms with Crippen LogP contribution in [-0.2, 0) is 22.8 Å². The largest absolute Gasteiger partial charge is 0.379 e. The van der Waals surface area contributed by atoms with Gasteiger partial charge in [-0.3, -0.25) is 9.80 Å². The molecule has 0 N–H and O–H groups in total. The predicted molar refractivity (Wildman–Crippen MR) is 123 cm³/mol. The zero-order chi connectivity index (χ0) is 21.3. The lowest BCUT2D eigenvalue weighted by Gasteiger charge is -2.26. The third-order valence-electron chi connectivity index (χ3n) is 6.42. The molecule has 2 aliphatic rings. The van der Waals surface area contributed by atoms with Crippen molar-refractivity contribution in [1.82, 2.24) is 29.4 Å². The molecule has 2 aliphatic heterocycles. The number of nitrogens with zero attached hydrogens (tertiary/aromatic N) is 6. The quantitative estimate of drug-likeness (QED) is 0.483. The smallest absolute Gasteiger partial charge is 0.121 e. The van der Waals surface area contributed by atoms with E-state index in [1.807, 2.05) is 0 Å². The molecule has 32 heavy (non-hydrogen) atoms. The molecule has 0 unspecified atom stereocenters. The van der Waals surface area contributed by atoms with E-state index in [1.54, 1.807) is 0 Å². The topological polar surface area (TPSA) is 60.6 Å². The van der Waals surface area contributed by atoms with E-state index in [-0.39, 0.29) is 0 Å². The van der Waals surface area contributed by atoms with Crippen LogP contribution in [0.3, 0.4) is 0 Å². The van der Waals surface area contributed by atoms with Gasteiger partial charge in [-0.15, -0.1) is 0 Å². The number of rotatable bonds is 5.